The molecular weight excluding hydrogens is 262 g/mol. The number of rotatable bonds is 1. The minimum absolute atomic E-state index is 0.303. The van der Waals surface area contributed by atoms with E-state index in [0.29, 0.717) is 12.2 Å². The van der Waals surface area contributed by atoms with Crippen LogP contribution >= 0.6 is 0 Å². The summed E-state index contributed by atoms with van der Waals surface area (Å²) in [6, 6.07) is 10.4. The lowest BCUT2D eigenvalue weighted by Gasteiger charge is -2.37. The molecule has 2 aliphatic heterocycles. The van der Waals surface area contributed by atoms with E-state index in [-0.39, 0.29) is 0 Å². The van der Waals surface area contributed by atoms with Crippen molar-refractivity contribution in [3.05, 3.63) is 53.4 Å². The Kier molecular flexibility index (Phi) is 2.74. The van der Waals surface area contributed by atoms with Gasteiger partial charge in [-0.25, -0.2) is 0 Å². The van der Waals surface area contributed by atoms with Gasteiger partial charge in [0.15, 0.2) is 5.78 Å². The molecule has 4 rings (SSSR count). The first-order valence-electron chi connectivity index (χ1n) is 7.41. The molecule has 0 saturated carbocycles. The van der Waals surface area contributed by atoms with Crippen LogP contribution < -0.4 is 4.90 Å². The molecule has 3 heterocycles. The van der Waals surface area contributed by atoms with Gasteiger partial charge in [-0.2, -0.15) is 0 Å². The molecule has 0 radical (unpaired) electrons. The van der Waals surface area contributed by atoms with Gasteiger partial charge in [0.1, 0.15) is 5.76 Å². The van der Waals surface area contributed by atoms with E-state index in [0.717, 1.165) is 36.3 Å². The third-order valence-corrected chi connectivity index (χ3v) is 4.55. The number of hydrogen-bond acceptors (Lipinski definition) is 3. The number of hydrogen-bond donors (Lipinski definition) is 0. The number of ketones is 1. The normalized spacial score (nSPS) is 17.8. The molecular formula is C18H17NO2. The van der Waals surface area contributed by atoms with E-state index < -0.39 is 0 Å². The van der Waals surface area contributed by atoms with Crippen LogP contribution in [0.4, 0.5) is 5.69 Å². The Morgan fingerprint density at radius 2 is 2.05 bits per heavy atom. The van der Waals surface area contributed by atoms with Gasteiger partial charge >= 0.3 is 0 Å². The second kappa shape index (κ2) is 4.62. The SMILES string of the molecule is CC1=C2CCc3cc(-c4ccco4)ccc3N2CCC1=O. The van der Waals surface area contributed by atoms with E-state index in [9.17, 15) is 4.79 Å². The van der Waals surface area contributed by atoms with Crippen LogP contribution in [0.3, 0.4) is 0 Å². The van der Waals surface area contributed by atoms with Crippen molar-refractivity contribution in [1.82, 2.24) is 0 Å². The average Bonchev–Trinajstić information content (AvgIpc) is 3.04. The second-order valence-electron chi connectivity index (χ2n) is 5.72. The molecule has 1 aromatic carbocycles. The zero-order valence-electron chi connectivity index (χ0n) is 12.1. The fourth-order valence-electron chi connectivity index (χ4n) is 3.39. The Hall–Kier alpha value is -2.29. The molecule has 3 nitrogen and oxygen atoms in total. The molecule has 0 N–H and O–H groups in total. The minimum atomic E-state index is 0.303. The van der Waals surface area contributed by atoms with Crippen molar-refractivity contribution in [3.63, 3.8) is 0 Å². The monoisotopic (exact) mass is 279 g/mol. The molecule has 21 heavy (non-hydrogen) atoms. The number of aryl methyl sites for hydroxylation is 1. The third-order valence-electron chi connectivity index (χ3n) is 4.55. The van der Waals surface area contributed by atoms with Gasteiger partial charge < -0.3 is 9.32 Å². The van der Waals surface area contributed by atoms with Crippen LogP contribution in [-0.2, 0) is 11.2 Å². The minimum Gasteiger partial charge on any atom is -0.464 e. The van der Waals surface area contributed by atoms with Crippen molar-refractivity contribution in [1.29, 1.82) is 0 Å². The summed E-state index contributed by atoms with van der Waals surface area (Å²) in [4.78, 5) is 14.2. The molecule has 0 bridgehead atoms. The summed E-state index contributed by atoms with van der Waals surface area (Å²) in [5.74, 6) is 1.21. The van der Waals surface area contributed by atoms with Crippen molar-refractivity contribution in [2.45, 2.75) is 26.2 Å². The van der Waals surface area contributed by atoms with Crippen molar-refractivity contribution in [2.75, 3.05) is 11.4 Å². The quantitative estimate of drug-likeness (QED) is 0.792. The van der Waals surface area contributed by atoms with Crippen molar-refractivity contribution < 1.29 is 9.21 Å². The van der Waals surface area contributed by atoms with Gasteiger partial charge in [-0.3, -0.25) is 4.79 Å². The van der Waals surface area contributed by atoms with Gasteiger partial charge in [-0.1, -0.05) is 0 Å². The lowest BCUT2D eigenvalue weighted by Crippen LogP contribution is -2.35. The summed E-state index contributed by atoms with van der Waals surface area (Å²) < 4.78 is 5.48. The average molecular weight is 279 g/mol. The highest BCUT2D eigenvalue weighted by molar-refractivity contribution is 5.98. The number of fused-ring (bicyclic) bond motifs is 3. The lowest BCUT2D eigenvalue weighted by atomic mass is 9.90. The van der Waals surface area contributed by atoms with E-state index in [1.807, 2.05) is 19.1 Å². The van der Waals surface area contributed by atoms with E-state index in [2.05, 4.69) is 23.1 Å². The molecule has 0 unspecified atom stereocenters. The topological polar surface area (TPSA) is 33.5 Å². The van der Waals surface area contributed by atoms with Crippen LogP contribution in [0.25, 0.3) is 11.3 Å². The second-order valence-corrected chi connectivity index (χ2v) is 5.72. The largest absolute Gasteiger partial charge is 0.464 e. The molecule has 2 aromatic rings. The Morgan fingerprint density at radius 1 is 1.14 bits per heavy atom. The number of anilines is 1. The maximum Gasteiger partial charge on any atom is 0.162 e. The van der Waals surface area contributed by atoms with Crippen LogP contribution in [0.1, 0.15) is 25.3 Å². The van der Waals surface area contributed by atoms with E-state index in [1.54, 1.807) is 6.26 Å². The highest BCUT2D eigenvalue weighted by Crippen LogP contribution is 2.38. The van der Waals surface area contributed by atoms with Gasteiger partial charge in [0.05, 0.1) is 6.26 Å². The van der Waals surface area contributed by atoms with E-state index in [4.69, 9.17) is 4.42 Å². The zero-order valence-corrected chi connectivity index (χ0v) is 12.1. The Balaban J connectivity index is 1.78. The van der Waals surface area contributed by atoms with Crippen molar-refractivity contribution in [3.8, 4) is 11.3 Å². The summed E-state index contributed by atoms with van der Waals surface area (Å²) in [5, 5.41) is 0. The number of nitrogens with zero attached hydrogens (tertiary/aromatic N) is 1. The van der Waals surface area contributed by atoms with Crippen molar-refractivity contribution >= 4 is 11.5 Å². The van der Waals surface area contributed by atoms with Crippen LogP contribution in [0.2, 0.25) is 0 Å². The molecule has 2 aliphatic rings. The van der Waals surface area contributed by atoms with Gasteiger partial charge in [0, 0.05) is 35.5 Å². The van der Waals surface area contributed by atoms with Crippen LogP contribution in [0, 0.1) is 0 Å². The smallest absolute Gasteiger partial charge is 0.162 e. The van der Waals surface area contributed by atoms with Crippen LogP contribution in [-0.4, -0.2) is 12.3 Å². The summed E-state index contributed by atoms with van der Waals surface area (Å²) >= 11 is 0. The maximum absolute atomic E-state index is 11.9. The molecule has 1 aromatic heterocycles. The first-order chi connectivity index (χ1) is 10.2. The highest BCUT2D eigenvalue weighted by Gasteiger charge is 2.29. The fraction of sp³-hybridized carbons (Fsp3) is 0.278. The molecule has 3 heteroatoms. The van der Waals surface area contributed by atoms with Crippen molar-refractivity contribution in [2.24, 2.45) is 0 Å². The van der Waals surface area contributed by atoms with Crippen LogP contribution in [0.5, 0.6) is 0 Å². The summed E-state index contributed by atoms with van der Waals surface area (Å²) in [6.07, 6.45) is 4.26. The van der Waals surface area contributed by atoms with Gasteiger partial charge in [-0.05, 0) is 55.7 Å². The lowest BCUT2D eigenvalue weighted by molar-refractivity contribution is -0.115. The number of carbonyl (C=O) groups is 1. The Bertz CT molecular complexity index is 741. The van der Waals surface area contributed by atoms with Crippen LogP contribution in [0.15, 0.2) is 52.3 Å². The zero-order chi connectivity index (χ0) is 14.4. The molecule has 0 amide bonds. The van der Waals surface area contributed by atoms with E-state index in [1.165, 1.54) is 16.9 Å². The summed E-state index contributed by atoms with van der Waals surface area (Å²) in [6.45, 7) is 2.77. The highest BCUT2D eigenvalue weighted by atomic mass is 16.3. The van der Waals surface area contributed by atoms with E-state index >= 15 is 0 Å². The number of furan rings is 1. The van der Waals surface area contributed by atoms with Gasteiger partial charge in [-0.15, -0.1) is 0 Å². The predicted octanol–water partition coefficient (Wildman–Crippen LogP) is 3.95. The summed E-state index contributed by atoms with van der Waals surface area (Å²) in [5.41, 5.74) is 5.87. The number of allylic oxidation sites excluding steroid dienone is 2. The molecule has 0 atom stereocenters. The van der Waals surface area contributed by atoms with Gasteiger partial charge in [0.2, 0.25) is 0 Å². The molecule has 0 fully saturated rings. The Morgan fingerprint density at radius 3 is 2.86 bits per heavy atom. The molecule has 0 spiro atoms. The standard InChI is InChI=1S/C18H17NO2/c1-12-15-6-4-13-11-14(18-3-2-10-21-18)5-7-16(13)19(15)9-8-17(12)20/h2-3,5,7,10-11H,4,6,8-9H2,1H3. The first kappa shape index (κ1) is 12.5. The first-order valence-corrected chi connectivity index (χ1v) is 7.41. The van der Waals surface area contributed by atoms with Gasteiger partial charge in [0.25, 0.3) is 0 Å². The summed E-state index contributed by atoms with van der Waals surface area (Å²) in [7, 11) is 0. The maximum atomic E-state index is 11.9. The number of carbonyl (C=O) groups excluding carboxylic acids is 1. The molecule has 0 saturated heterocycles. The molecule has 0 aliphatic carbocycles. The number of benzene rings is 1. The Labute approximate surface area is 123 Å². The fourth-order valence-corrected chi connectivity index (χ4v) is 3.39. The number of Topliss-reactive ketones (excluding diaryl/α,β-unsaturated/α-hetero) is 1. The molecule has 106 valence electrons. The third kappa shape index (κ3) is 1.92. The predicted molar refractivity (Wildman–Crippen MR) is 82.1 cm³/mol.